The largest absolute Gasteiger partial charge is 0.462 e. The standard InChI is InChI=1S/C61H106O6/c1-4-7-10-13-15-17-19-21-22-23-24-25-26-27-28-29-30-31-32-33-34-35-36-37-38-40-41-43-45-48-51-54-60(63)66-57-58(56-65-59(62)53-50-47-12-9-6-3)67-61(64)55-52-49-46-44-42-39-20-18-16-14-11-8-5-2/h8,11,16,18-19,21,23-24,39,42,46,49,58H,4-7,9-10,12-15,17,20,22,25-38,40-41,43-45,47-48,50-57H2,1-3H3/b11-8-,18-16-,21-19-,24-23-,42-39-,49-46-. The fourth-order valence-electron chi connectivity index (χ4n) is 7.96. The fraction of sp³-hybridized carbons (Fsp3) is 0.754. The van der Waals surface area contributed by atoms with Crippen LogP contribution in [0.5, 0.6) is 0 Å². The zero-order valence-corrected chi connectivity index (χ0v) is 44.2. The molecule has 0 bridgehead atoms. The Labute approximate surface area is 414 Å². The van der Waals surface area contributed by atoms with Crippen LogP contribution in [0, 0.1) is 0 Å². The predicted molar refractivity (Wildman–Crippen MR) is 288 cm³/mol. The van der Waals surface area contributed by atoms with Gasteiger partial charge in [-0.25, -0.2) is 0 Å². The van der Waals surface area contributed by atoms with E-state index in [2.05, 4.69) is 81.5 Å². The van der Waals surface area contributed by atoms with Crippen LogP contribution >= 0.6 is 0 Å². The van der Waals surface area contributed by atoms with Crippen molar-refractivity contribution in [2.45, 2.75) is 284 Å². The van der Waals surface area contributed by atoms with Gasteiger partial charge in [-0.2, -0.15) is 0 Å². The molecule has 0 aromatic rings. The maximum Gasteiger partial charge on any atom is 0.306 e. The van der Waals surface area contributed by atoms with Crippen molar-refractivity contribution in [3.63, 3.8) is 0 Å². The molecule has 67 heavy (non-hydrogen) atoms. The molecule has 6 heteroatoms. The van der Waals surface area contributed by atoms with Crippen LogP contribution in [0.25, 0.3) is 0 Å². The molecule has 6 nitrogen and oxygen atoms in total. The van der Waals surface area contributed by atoms with Crippen molar-refractivity contribution >= 4 is 17.9 Å². The van der Waals surface area contributed by atoms with E-state index in [-0.39, 0.29) is 31.6 Å². The lowest BCUT2D eigenvalue weighted by Crippen LogP contribution is -2.30. The highest BCUT2D eigenvalue weighted by Crippen LogP contribution is 2.16. The Hall–Kier alpha value is -3.15. The third kappa shape index (κ3) is 53.7. The number of carbonyl (C=O) groups excluding carboxylic acids is 3. The van der Waals surface area contributed by atoms with E-state index >= 15 is 0 Å². The lowest BCUT2D eigenvalue weighted by molar-refractivity contribution is -0.166. The molecule has 0 aliphatic heterocycles. The van der Waals surface area contributed by atoms with Crippen molar-refractivity contribution in [2.75, 3.05) is 13.2 Å². The monoisotopic (exact) mass is 935 g/mol. The van der Waals surface area contributed by atoms with Crippen LogP contribution in [-0.4, -0.2) is 37.2 Å². The van der Waals surface area contributed by atoms with Gasteiger partial charge in [0.25, 0.3) is 0 Å². The van der Waals surface area contributed by atoms with E-state index < -0.39 is 12.1 Å². The van der Waals surface area contributed by atoms with Crippen LogP contribution in [0.4, 0.5) is 0 Å². The van der Waals surface area contributed by atoms with E-state index in [0.29, 0.717) is 19.3 Å². The van der Waals surface area contributed by atoms with Crippen molar-refractivity contribution in [1.82, 2.24) is 0 Å². The van der Waals surface area contributed by atoms with Gasteiger partial charge in [0.05, 0.1) is 0 Å². The number of allylic oxidation sites excluding steroid dienone is 12. The number of hydrogen-bond acceptors (Lipinski definition) is 6. The van der Waals surface area contributed by atoms with E-state index in [0.717, 1.165) is 83.5 Å². The summed E-state index contributed by atoms with van der Waals surface area (Å²) in [5, 5.41) is 0. The Morgan fingerprint density at radius 2 is 0.612 bits per heavy atom. The normalized spacial score (nSPS) is 12.6. The van der Waals surface area contributed by atoms with Crippen molar-refractivity contribution in [1.29, 1.82) is 0 Å². The number of carbonyl (C=O) groups is 3. The minimum absolute atomic E-state index is 0.102. The van der Waals surface area contributed by atoms with Crippen LogP contribution in [0.3, 0.4) is 0 Å². The minimum Gasteiger partial charge on any atom is -0.462 e. The molecule has 0 aliphatic carbocycles. The highest BCUT2D eigenvalue weighted by Gasteiger charge is 2.19. The summed E-state index contributed by atoms with van der Waals surface area (Å²) in [6.45, 7) is 6.37. The number of unbranched alkanes of at least 4 members (excludes halogenated alkanes) is 28. The van der Waals surface area contributed by atoms with Gasteiger partial charge in [-0.05, 0) is 77.0 Å². The Bertz CT molecular complexity index is 1260. The van der Waals surface area contributed by atoms with Crippen molar-refractivity contribution in [2.24, 2.45) is 0 Å². The Morgan fingerprint density at radius 1 is 0.313 bits per heavy atom. The van der Waals surface area contributed by atoms with Gasteiger partial charge in [0, 0.05) is 19.3 Å². The highest BCUT2D eigenvalue weighted by molar-refractivity contribution is 5.71. The summed E-state index contributed by atoms with van der Waals surface area (Å²) in [4.78, 5) is 37.6. The van der Waals surface area contributed by atoms with Gasteiger partial charge in [0.15, 0.2) is 6.10 Å². The third-order valence-electron chi connectivity index (χ3n) is 12.2. The molecule has 0 amide bonds. The van der Waals surface area contributed by atoms with Gasteiger partial charge < -0.3 is 14.2 Å². The van der Waals surface area contributed by atoms with E-state index in [9.17, 15) is 14.4 Å². The SMILES string of the molecule is CC/C=C\C/C=C\C/C=C\C/C=C\CCC(=O)OC(COC(=O)CCCCCCC)COC(=O)CCCCCCCCCCCCCCCCCCCCC/C=C\C/C=C\CCCCCCC. The number of rotatable bonds is 51. The maximum atomic E-state index is 12.7. The molecule has 386 valence electrons. The Morgan fingerprint density at radius 3 is 0.970 bits per heavy atom. The van der Waals surface area contributed by atoms with Gasteiger partial charge in [-0.1, -0.05) is 254 Å². The van der Waals surface area contributed by atoms with Crippen LogP contribution < -0.4 is 0 Å². The number of hydrogen-bond donors (Lipinski definition) is 0. The van der Waals surface area contributed by atoms with Crippen molar-refractivity contribution in [3.05, 3.63) is 72.9 Å². The van der Waals surface area contributed by atoms with E-state index in [1.165, 1.54) is 148 Å². The van der Waals surface area contributed by atoms with Gasteiger partial charge in [0.2, 0.25) is 0 Å². The summed E-state index contributed by atoms with van der Waals surface area (Å²) < 4.78 is 16.6. The molecule has 0 spiro atoms. The maximum absolute atomic E-state index is 12.7. The van der Waals surface area contributed by atoms with Gasteiger partial charge >= 0.3 is 17.9 Å². The molecule has 0 rings (SSSR count). The molecule has 1 atom stereocenters. The molecule has 0 aromatic heterocycles. The lowest BCUT2D eigenvalue weighted by Gasteiger charge is -2.18. The van der Waals surface area contributed by atoms with E-state index in [1.54, 1.807) is 0 Å². The molecular formula is C61H106O6. The molecule has 0 fully saturated rings. The van der Waals surface area contributed by atoms with Gasteiger partial charge in [-0.3, -0.25) is 14.4 Å². The summed E-state index contributed by atoms with van der Waals surface area (Å²) in [5.41, 5.74) is 0. The zero-order chi connectivity index (χ0) is 48.6. The van der Waals surface area contributed by atoms with E-state index in [4.69, 9.17) is 14.2 Å². The average molecular weight is 936 g/mol. The quantitative estimate of drug-likeness (QED) is 0.0262. The molecule has 0 aromatic carbocycles. The Kier molecular flexibility index (Phi) is 52.8. The first kappa shape index (κ1) is 63.8. The molecule has 0 N–H and O–H groups in total. The molecular weight excluding hydrogens is 829 g/mol. The van der Waals surface area contributed by atoms with Crippen LogP contribution in [-0.2, 0) is 28.6 Å². The predicted octanol–water partition coefficient (Wildman–Crippen LogP) is 19.0. The number of esters is 3. The lowest BCUT2D eigenvalue weighted by atomic mass is 10.0. The van der Waals surface area contributed by atoms with Crippen LogP contribution in [0.15, 0.2) is 72.9 Å². The molecule has 0 heterocycles. The minimum atomic E-state index is -0.807. The first-order valence-electron chi connectivity index (χ1n) is 28.4. The van der Waals surface area contributed by atoms with Crippen molar-refractivity contribution in [3.8, 4) is 0 Å². The second-order valence-corrected chi connectivity index (χ2v) is 18.8. The second kappa shape index (κ2) is 55.4. The summed E-state index contributed by atoms with van der Waals surface area (Å²) in [6.07, 6.45) is 71.2. The van der Waals surface area contributed by atoms with Crippen LogP contribution in [0.1, 0.15) is 278 Å². The first-order valence-corrected chi connectivity index (χ1v) is 28.4. The highest BCUT2D eigenvalue weighted by atomic mass is 16.6. The van der Waals surface area contributed by atoms with Crippen molar-refractivity contribution < 1.29 is 28.6 Å². The topological polar surface area (TPSA) is 78.9 Å². The molecule has 0 saturated carbocycles. The summed E-state index contributed by atoms with van der Waals surface area (Å²) in [7, 11) is 0. The number of ether oxygens (including phenoxy) is 3. The summed E-state index contributed by atoms with van der Waals surface area (Å²) in [5.74, 6) is -0.995. The Balaban J connectivity index is 3.96. The average Bonchev–Trinajstić information content (AvgIpc) is 3.33. The fourth-order valence-corrected chi connectivity index (χ4v) is 7.96. The first-order chi connectivity index (χ1) is 33.0. The molecule has 0 aliphatic rings. The smallest absolute Gasteiger partial charge is 0.306 e. The van der Waals surface area contributed by atoms with Gasteiger partial charge in [-0.15, -0.1) is 0 Å². The summed E-state index contributed by atoms with van der Waals surface area (Å²) in [6, 6.07) is 0. The van der Waals surface area contributed by atoms with Crippen LogP contribution in [0.2, 0.25) is 0 Å². The van der Waals surface area contributed by atoms with E-state index in [1.807, 2.05) is 12.2 Å². The summed E-state index contributed by atoms with van der Waals surface area (Å²) >= 11 is 0. The zero-order valence-electron chi connectivity index (χ0n) is 44.2. The molecule has 0 radical (unpaired) electrons. The molecule has 1 unspecified atom stereocenters. The third-order valence-corrected chi connectivity index (χ3v) is 12.2. The molecule has 0 saturated heterocycles. The second-order valence-electron chi connectivity index (χ2n) is 18.8. The van der Waals surface area contributed by atoms with Gasteiger partial charge in [0.1, 0.15) is 13.2 Å².